The van der Waals surface area contributed by atoms with Gasteiger partial charge >= 0.3 is 18.3 Å². The number of ether oxygens (including phenoxy) is 6. The molecular weight excluding hydrogens is 909 g/mol. The van der Waals surface area contributed by atoms with Crippen molar-refractivity contribution in [2.75, 3.05) is 13.2 Å². The van der Waals surface area contributed by atoms with Crippen LogP contribution in [0.3, 0.4) is 0 Å². The Morgan fingerprint density at radius 1 is 0.588 bits per heavy atom. The summed E-state index contributed by atoms with van der Waals surface area (Å²) in [5.41, 5.74) is -2.04. The predicted octanol–water partition coefficient (Wildman–Crippen LogP) is 9.40. The highest BCUT2D eigenvalue weighted by atomic mass is 19.1. The van der Waals surface area contributed by atoms with Crippen LogP contribution in [0.15, 0.2) is 66.9 Å². The number of carbonyl (C=O) groups is 4. The van der Waals surface area contributed by atoms with Gasteiger partial charge in [-0.15, -0.1) is 0 Å². The summed E-state index contributed by atoms with van der Waals surface area (Å²) in [5, 5.41) is 17.4. The second-order valence-electron chi connectivity index (χ2n) is 19.0. The first-order valence-corrected chi connectivity index (χ1v) is 21.6. The number of aliphatic hydroxyl groups excluding tert-OH is 1. The molecule has 3 aromatic carbocycles. The first-order chi connectivity index (χ1) is 31.6. The van der Waals surface area contributed by atoms with E-state index in [1.165, 1.54) is 6.26 Å². The highest BCUT2D eigenvalue weighted by Gasteiger charge is 2.37. The number of ketones is 1. The predicted molar refractivity (Wildman–Crippen MR) is 234 cm³/mol. The molecule has 68 heavy (non-hydrogen) atoms. The van der Waals surface area contributed by atoms with Gasteiger partial charge < -0.3 is 49.5 Å². The molecule has 0 saturated carbocycles. The topological polar surface area (TPSA) is 180 Å². The number of Topliss-reactive ketones (excluding diaryl/α,β-unsaturated/α-hetero) is 1. The second-order valence-corrected chi connectivity index (χ2v) is 19.0. The Kier molecular flexibility index (Phi) is 18.9. The molecule has 4 unspecified atom stereocenters. The summed E-state index contributed by atoms with van der Waals surface area (Å²) in [5.74, 6) is -3.92. The Bertz CT molecular complexity index is 2260. The van der Waals surface area contributed by atoms with Crippen molar-refractivity contribution in [2.24, 2.45) is 0 Å². The summed E-state index contributed by atoms with van der Waals surface area (Å²) in [6.45, 7) is 15.2. The van der Waals surface area contributed by atoms with Crippen LogP contribution in [-0.4, -0.2) is 83.4 Å². The third-order valence-electron chi connectivity index (χ3n) is 9.57. The zero-order valence-electron chi connectivity index (χ0n) is 39.2. The fourth-order valence-electron chi connectivity index (χ4n) is 6.96. The molecule has 20 heteroatoms. The Hall–Kier alpha value is -5.86. The molecular formula is C48H59F6N3O11. The quantitative estimate of drug-likeness (QED) is 0.137. The molecule has 14 nitrogen and oxygen atoms in total. The number of amides is 3. The van der Waals surface area contributed by atoms with E-state index >= 15 is 0 Å². The molecule has 2 saturated heterocycles. The summed E-state index contributed by atoms with van der Waals surface area (Å²) >= 11 is 0. The maximum atomic E-state index is 14.0. The van der Waals surface area contributed by atoms with E-state index in [9.17, 15) is 50.6 Å². The molecule has 3 amide bonds. The number of nitrogens with one attached hydrogen (secondary N) is 3. The van der Waals surface area contributed by atoms with Crippen LogP contribution in [0.5, 0.6) is 0 Å². The van der Waals surface area contributed by atoms with E-state index in [-0.39, 0.29) is 48.5 Å². The molecule has 7 atom stereocenters. The fourth-order valence-corrected chi connectivity index (χ4v) is 6.96. The van der Waals surface area contributed by atoms with Crippen molar-refractivity contribution >= 4 is 24.1 Å². The van der Waals surface area contributed by atoms with Crippen LogP contribution in [0, 0.1) is 34.9 Å². The van der Waals surface area contributed by atoms with Crippen LogP contribution in [0.4, 0.5) is 40.7 Å². The zero-order valence-corrected chi connectivity index (χ0v) is 39.2. The Balaban J connectivity index is 0.000000222. The van der Waals surface area contributed by atoms with Gasteiger partial charge in [0.05, 0.1) is 37.1 Å². The van der Waals surface area contributed by atoms with E-state index < -0.39 is 113 Å². The van der Waals surface area contributed by atoms with Crippen LogP contribution in [0.1, 0.15) is 117 Å². The standard InChI is InChI=1S/C16H21F2NO4.C16H19F2NO4.C16H19F2NO3/c2*1-16(2,3)23-15(21)19-13-7-10(20)8-22-14(13)11-6-9(17)4-5-12(11)18;1-16(2,3)22-15(20)19-13-5-4-8-21-14(13)11-9-10(17)6-7-12(11)18/h4-6,10,13-14,20H,7-8H2,1-3H3,(H,19,21);4-6,13-14H,7-8H2,1-3H3,(H,19,21);4,6-9,13-14H,5H2,1-3H3,(H,19,20)/t10?,13-,14?;2*13-,14?/m000/s1. The van der Waals surface area contributed by atoms with Crippen LogP contribution in [0.25, 0.3) is 0 Å². The maximum Gasteiger partial charge on any atom is 0.408 e. The molecule has 374 valence electrons. The summed E-state index contributed by atoms with van der Waals surface area (Å²) < 4.78 is 114. The number of carbonyl (C=O) groups excluding carboxylic acids is 4. The van der Waals surface area contributed by atoms with E-state index in [1.54, 1.807) is 68.4 Å². The molecule has 0 aliphatic carbocycles. The van der Waals surface area contributed by atoms with Gasteiger partial charge in [0.1, 0.15) is 76.6 Å². The molecule has 6 rings (SSSR count). The lowest BCUT2D eigenvalue weighted by atomic mass is 9.94. The molecule has 4 N–H and O–H groups in total. The van der Waals surface area contributed by atoms with Crippen molar-refractivity contribution < 1.29 is 79.0 Å². The minimum atomic E-state index is -0.962. The van der Waals surface area contributed by atoms with E-state index in [1.807, 2.05) is 0 Å². The van der Waals surface area contributed by atoms with Gasteiger partial charge in [-0.05, 0) is 136 Å². The smallest absolute Gasteiger partial charge is 0.408 e. The first kappa shape index (κ1) is 54.7. The summed E-state index contributed by atoms with van der Waals surface area (Å²) in [6, 6.07) is 7.05. The number of benzene rings is 3. The average molecular weight is 968 g/mol. The maximum absolute atomic E-state index is 14.0. The van der Waals surface area contributed by atoms with Gasteiger partial charge in [-0.2, -0.15) is 0 Å². The largest absolute Gasteiger partial charge is 0.491 e. The van der Waals surface area contributed by atoms with Gasteiger partial charge in [-0.1, -0.05) is 0 Å². The fraction of sp³-hybridized carbons (Fsp3) is 0.500. The summed E-state index contributed by atoms with van der Waals surface area (Å²) in [7, 11) is 0. The van der Waals surface area contributed by atoms with E-state index in [0.29, 0.717) is 6.42 Å². The molecule has 3 aromatic rings. The second kappa shape index (κ2) is 23.4. The van der Waals surface area contributed by atoms with Crippen molar-refractivity contribution in [2.45, 2.75) is 141 Å². The van der Waals surface area contributed by atoms with Gasteiger partial charge in [-0.3, -0.25) is 4.79 Å². The van der Waals surface area contributed by atoms with Gasteiger partial charge in [0.2, 0.25) is 0 Å². The van der Waals surface area contributed by atoms with E-state index in [4.69, 9.17) is 28.4 Å². The zero-order chi connectivity index (χ0) is 50.7. The molecule has 3 aliphatic heterocycles. The summed E-state index contributed by atoms with van der Waals surface area (Å²) in [6.07, 6.45) is -1.89. The normalized spacial score (nSPS) is 22.7. The van der Waals surface area contributed by atoms with Crippen molar-refractivity contribution in [3.8, 4) is 0 Å². The summed E-state index contributed by atoms with van der Waals surface area (Å²) in [4.78, 5) is 47.3. The van der Waals surface area contributed by atoms with Gasteiger partial charge in [0.25, 0.3) is 0 Å². The van der Waals surface area contributed by atoms with Crippen LogP contribution in [0.2, 0.25) is 0 Å². The highest BCUT2D eigenvalue weighted by Crippen LogP contribution is 2.33. The van der Waals surface area contributed by atoms with Crippen molar-refractivity contribution in [3.63, 3.8) is 0 Å². The number of alkyl carbamates (subject to hydrolysis) is 3. The molecule has 0 aromatic heterocycles. The SMILES string of the molecule is CC(C)(C)OC(=O)N[C@H]1CC(=O)COC1c1cc(F)ccc1F.CC(C)(C)OC(=O)N[C@H]1CC(O)COC1c1cc(F)ccc1F.CC(C)(C)OC(=O)N[C@H]1CC=COC1c1cc(F)ccc1F. The molecule has 0 bridgehead atoms. The number of hydrogen-bond acceptors (Lipinski definition) is 11. The van der Waals surface area contributed by atoms with Crippen molar-refractivity contribution in [1.82, 2.24) is 16.0 Å². The number of aliphatic hydroxyl groups is 1. The molecule has 0 radical (unpaired) electrons. The minimum absolute atomic E-state index is 0.00189. The number of halogens is 6. The van der Waals surface area contributed by atoms with Crippen molar-refractivity contribution in [3.05, 3.63) is 119 Å². The third kappa shape index (κ3) is 17.7. The van der Waals surface area contributed by atoms with Crippen LogP contribution in [-0.2, 0) is 33.2 Å². The average Bonchev–Trinajstić information content (AvgIpc) is 3.20. The van der Waals surface area contributed by atoms with Crippen LogP contribution < -0.4 is 16.0 Å². The third-order valence-corrected chi connectivity index (χ3v) is 9.57. The van der Waals surface area contributed by atoms with Gasteiger partial charge in [-0.25, -0.2) is 40.7 Å². The number of hydrogen-bond donors (Lipinski definition) is 4. The molecule has 2 fully saturated rings. The van der Waals surface area contributed by atoms with Gasteiger partial charge in [0.15, 0.2) is 5.78 Å². The highest BCUT2D eigenvalue weighted by molar-refractivity contribution is 5.82. The Labute approximate surface area is 391 Å². The van der Waals surface area contributed by atoms with Crippen molar-refractivity contribution in [1.29, 1.82) is 0 Å². The number of rotatable bonds is 6. The lowest BCUT2D eigenvalue weighted by Gasteiger charge is -2.35. The van der Waals surface area contributed by atoms with Crippen LogP contribution >= 0.6 is 0 Å². The van der Waals surface area contributed by atoms with Gasteiger partial charge in [0, 0.05) is 23.1 Å². The lowest BCUT2D eigenvalue weighted by molar-refractivity contribution is -0.133. The molecule has 0 spiro atoms. The molecule has 3 aliphatic rings. The van der Waals surface area contributed by atoms with E-state index in [2.05, 4.69) is 16.0 Å². The minimum Gasteiger partial charge on any atom is -0.491 e. The molecule has 3 heterocycles. The Morgan fingerprint density at radius 3 is 1.43 bits per heavy atom. The first-order valence-electron chi connectivity index (χ1n) is 21.6. The Morgan fingerprint density at radius 2 is 0.985 bits per heavy atom. The lowest BCUT2D eigenvalue weighted by Crippen LogP contribution is -2.48. The monoisotopic (exact) mass is 967 g/mol. The van der Waals surface area contributed by atoms with E-state index in [0.717, 1.165) is 54.6 Å².